The lowest BCUT2D eigenvalue weighted by molar-refractivity contribution is -0.141. The van der Waals surface area contributed by atoms with E-state index in [1.54, 1.807) is 31.4 Å². The Bertz CT molecular complexity index is 698. The Kier molecular flexibility index (Phi) is 5.89. The van der Waals surface area contributed by atoms with Crippen LogP contribution in [0.1, 0.15) is 28.4 Å². The molecule has 126 valence electrons. The number of methoxy groups -OCH3 is 2. The van der Waals surface area contributed by atoms with Gasteiger partial charge in [-0.05, 0) is 42.0 Å². The van der Waals surface area contributed by atoms with E-state index in [2.05, 4.69) is 10.1 Å². The van der Waals surface area contributed by atoms with Crippen LogP contribution in [-0.2, 0) is 9.53 Å². The summed E-state index contributed by atoms with van der Waals surface area (Å²) >= 11 is 0. The van der Waals surface area contributed by atoms with Gasteiger partial charge in [-0.25, -0.2) is 4.39 Å². The number of amides is 1. The maximum atomic E-state index is 13.0. The number of halogens is 1. The second-order valence-corrected chi connectivity index (χ2v) is 5.09. The summed E-state index contributed by atoms with van der Waals surface area (Å²) in [6.45, 7) is 0. The molecule has 0 heterocycles. The number of carbonyl (C=O) groups is 2. The van der Waals surface area contributed by atoms with Gasteiger partial charge in [-0.3, -0.25) is 9.59 Å². The molecule has 2 rings (SSSR count). The zero-order chi connectivity index (χ0) is 17.5. The van der Waals surface area contributed by atoms with Crippen LogP contribution >= 0.6 is 0 Å². The van der Waals surface area contributed by atoms with Crippen molar-refractivity contribution in [2.75, 3.05) is 14.2 Å². The fourth-order valence-corrected chi connectivity index (χ4v) is 2.18. The quantitative estimate of drug-likeness (QED) is 0.827. The molecule has 0 fully saturated rings. The van der Waals surface area contributed by atoms with Crippen LogP contribution in [-0.4, -0.2) is 26.1 Å². The van der Waals surface area contributed by atoms with E-state index >= 15 is 0 Å². The molecule has 2 aromatic rings. The molecule has 0 radical (unpaired) electrons. The predicted octanol–water partition coefficient (Wildman–Crippen LogP) is 2.87. The Labute approximate surface area is 139 Å². The number of hydrogen-bond donors (Lipinski definition) is 1. The zero-order valence-corrected chi connectivity index (χ0v) is 13.4. The van der Waals surface area contributed by atoms with Crippen molar-refractivity contribution >= 4 is 11.9 Å². The van der Waals surface area contributed by atoms with Gasteiger partial charge in [0.25, 0.3) is 5.91 Å². The number of ether oxygens (including phenoxy) is 2. The summed E-state index contributed by atoms with van der Waals surface area (Å²) < 4.78 is 22.7. The van der Waals surface area contributed by atoms with Crippen LogP contribution in [0.15, 0.2) is 48.5 Å². The Hall–Kier alpha value is -2.89. The molecule has 0 saturated carbocycles. The van der Waals surface area contributed by atoms with Crippen LogP contribution in [0.2, 0.25) is 0 Å². The third-order valence-electron chi connectivity index (χ3n) is 3.53. The molecule has 5 nitrogen and oxygen atoms in total. The third kappa shape index (κ3) is 4.55. The second kappa shape index (κ2) is 8.10. The fourth-order valence-electron chi connectivity index (χ4n) is 2.18. The van der Waals surface area contributed by atoms with Gasteiger partial charge in [0.05, 0.1) is 26.7 Å². The molecule has 0 spiro atoms. The van der Waals surface area contributed by atoms with Gasteiger partial charge in [0.15, 0.2) is 0 Å². The van der Waals surface area contributed by atoms with Crippen molar-refractivity contribution < 1.29 is 23.5 Å². The third-order valence-corrected chi connectivity index (χ3v) is 3.53. The average Bonchev–Trinajstić information content (AvgIpc) is 2.61. The van der Waals surface area contributed by atoms with Crippen LogP contribution in [0.25, 0.3) is 0 Å². The van der Waals surface area contributed by atoms with Crippen LogP contribution < -0.4 is 10.1 Å². The van der Waals surface area contributed by atoms with E-state index in [4.69, 9.17) is 4.74 Å². The normalized spacial score (nSPS) is 11.5. The molecule has 1 unspecified atom stereocenters. The number of esters is 1. The van der Waals surface area contributed by atoms with Crippen LogP contribution in [0.3, 0.4) is 0 Å². The number of rotatable bonds is 6. The molecule has 24 heavy (non-hydrogen) atoms. The van der Waals surface area contributed by atoms with Crippen molar-refractivity contribution in [3.8, 4) is 5.75 Å². The van der Waals surface area contributed by atoms with E-state index in [9.17, 15) is 14.0 Å². The van der Waals surface area contributed by atoms with Crippen molar-refractivity contribution in [2.24, 2.45) is 0 Å². The summed E-state index contributed by atoms with van der Waals surface area (Å²) in [4.78, 5) is 24.0. The van der Waals surface area contributed by atoms with Crippen molar-refractivity contribution in [1.29, 1.82) is 0 Å². The van der Waals surface area contributed by atoms with Crippen molar-refractivity contribution in [2.45, 2.75) is 12.5 Å². The van der Waals surface area contributed by atoms with Crippen molar-refractivity contribution in [3.63, 3.8) is 0 Å². The monoisotopic (exact) mass is 331 g/mol. The first-order valence-corrected chi connectivity index (χ1v) is 7.30. The minimum absolute atomic E-state index is 0.0181. The Morgan fingerprint density at radius 3 is 2.21 bits per heavy atom. The van der Waals surface area contributed by atoms with E-state index in [1.807, 2.05) is 0 Å². The smallest absolute Gasteiger partial charge is 0.307 e. The molecule has 1 amide bonds. The largest absolute Gasteiger partial charge is 0.497 e. The summed E-state index contributed by atoms with van der Waals surface area (Å²) in [6.07, 6.45) is -0.0181. The highest BCUT2D eigenvalue weighted by atomic mass is 19.1. The molecule has 0 aliphatic heterocycles. The van der Waals surface area contributed by atoms with Gasteiger partial charge >= 0.3 is 5.97 Å². The van der Waals surface area contributed by atoms with E-state index in [-0.39, 0.29) is 6.42 Å². The van der Waals surface area contributed by atoms with Crippen LogP contribution in [0.4, 0.5) is 4.39 Å². The van der Waals surface area contributed by atoms with E-state index in [0.717, 1.165) is 5.56 Å². The second-order valence-electron chi connectivity index (χ2n) is 5.09. The lowest BCUT2D eigenvalue weighted by Crippen LogP contribution is -2.30. The fraction of sp³-hybridized carbons (Fsp3) is 0.222. The van der Waals surface area contributed by atoms with E-state index < -0.39 is 23.7 Å². The standard InChI is InChI=1S/C18H18FNO4/c1-23-15-9-5-12(6-10-15)16(11-17(21)24-2)20-18(22)13-3-7-14(19)8-4-13/h3-10,16H,11H2,1-2H3,(H,20,22). The highest BCUT2D eigenvalue weighted by molar-refractivity contribution is 5.94. The summed E-state index contributed by atoms with van der Waals surface area (Å²) in [7, 11) is 2.84. The topological polar surface area (TPSA) is 64.6 Å². The first-order chi connectivity index (χ1) is 11.5. The lowest BCUT2D eigenvalue weighted by atomic mass is 10.0. The Morgan fingerprint density at radius 2 is 1.67 bits per heavy atom. The highest BCUT2D eigenvalue weighted by Crippen LogP contribution is 2.21. The van der Waals surface area contributed by atoms with Gasteiger partial charge in [0.1, 0.15) is 11.6 Å². The summed E-state index contributed by atoms with van der Waals surface area (Å²) in [6, 6.07) is 11.6. The maximum Gasteiger partial charge on any atom is 0.307 e. The molecule has 6 heteroatoms. The van der Waals surface area contributed by atoms with Crippen molar-refractivity contribution in [3.05, 3.63) is 65.5 Å². The molecule has 0 aliphatic carbocycles. The highest BCUT2D eigenvalue weighted by Gasteiger charge is 2.20. The first-order valence-electron chi connectivity index (χ1n) is 7.30. The molecule has 0 aromatic heterocycles. The molecular weight excluding hydrogens is 313 g/mol. The number of nitrogens with one attached hydrogen (secondary N) is 1. The van der Waals surface area contributed by atoms with Gasteiger partial charge < -0.3 is 14.8 Å². The molecule has 2 aromatic carbocycles. The molecule has 0 aliphatic rings. The molecule has 1 atom stereocenters. The van der Waals surface area contributed by atoms with Crippen LogP contribution in [0.5, 0.6) is 5.75 Å². The molecular formula is C18H18FNO4. The average molecular weight is 331 g/mol. The maximum absolute atomic E-state index is 13.0. The zero-order valence-electron chi connectivity index (χ0n) is 13.4. The molecule has 1 N–H and O–H groups in total. The van der Waals surface area contributed by atoms with Gasteiger partial charge in [0.2, 0.25) is 0 Å². The van der Waals surface area contributed by atoms with Crippen LogP contribution in [0, 0.1) is 5.82 Å². The Balaban J connectivity index is 2.19. The van der Waals surface area contributed by atoms with Gasteiger partial charge in [-0.2, -0.15) is 0 Å². The van der Waals surface area contributed by atoms with Gasteiger partial charge in [0, 0.05) is 5.56 Å². The van der Waals surface area contributed by atoms with E-state index in [0.29, 0.717) is 11.3 Å². The Morgan fingerprint density at radius 1 is 1.04 bits per heavy atom. The summed E-state index contributed by atoms with van der Waals surface area (Å²) in [5.74, 6) is -0.608. The van der Waals surface area contributed by atoms with Crippen molar-refractivity contribution in [1.82, 2.24) is 5.32 Å². The van der Waals surface area contributed by atoms with Gasteiger partial charge in [-0.15, -0.1) is 0 Å². The number of carbonyl (C=O) groups excluding carboxylic acids is 2. The van der Waals surface area contributed by atoms with Gasteiger partial charge in [-0.1, -0.05) is 12.1 Å². The predicted molar refractivity (Wildman–Crippen MR) is 86.2 cm³/mol. The first kappa shape index (κ1) is 17.5. The number of benzene rings is 2. The molecule has 0 saturated heterocycles. The minimum Gasteiger partial charge on any atom is -0.497 e. The number of hydrogen-bond acceptors (Lipinski definition) is 4. The lowest BCUT2D eigenvalue weighted by Gasteiger charge is -2.18. The minimum atomic E-state index is -0.569. The SMILES string of the molecule is COC(=O)CC(NC(=O)c1ccc(F)cc1)c1ccc(OC)cc1. The summed E-state index contributed by atoms with van der Waals surface area (Å²) in [5, 5.41) is 2.77. The van der Waals surface area contributed by atoms with E-state index in [1.165, 1.54) is 31.4 Å². The summed E-state index contributed by atoms with van der Waals surface area (Å²) in [5.41, 5.74) is 1.04. The molecule has 0 bridgehead atoms.